The fraction of sp³-hybridized carbons (Fsp3) is 0.556. The van der Waals surface area contributed by atoms with E-state index in [4.69, 9.17) is 0 Å². The number of rotatable bonds is 2. The number of nitrogens with zero attached hydrogens (tertiary/aromatic N) is 2. The minimum atomic E-state index is 0.871. The van der Waals surface area contributed by atoms with Gasteiger partial charge < -0.3 is 10.6 Å². The van der Waals surface area contributed by atoms with Crippen LogP contribution in [0.1, 0.15) is 18.2 Å². The van der Waals surface area contributed by atoms with Crippen molar-refractivity contribution >= 4 is 5.82 Å². The van der Waals surface area contributed by atoms with Crippen molar-refractivity contribution in [1.29, 1.82) is 0 Å². The van der Waals surface area contributed by atoms with Crippen molar-refractivity contribution in [3.05, 3.63) is 17.6 Å². The van der Waals surface area contributed by atoms with Gasteiger partial charge in [-0.25, -0.2) is 9.97 Å². The van der Waals surface area contributed by atoms with E-state index < -0.39 is 0 Å². The van der Waals surface area contributed by atoms with E-state index >= 15 is 0 Å². The summed E-state index contributed by atoms with van der Waals surface area (Å²) in [5.41, 5.74) is 2.42. The molecule has 1 aliphatic rings. The lowest BCUT2D eigenvalue weighted by molar-refractivity contribution is 0.624. The normalized spacial score (nSPS) is 15.2. The summed E-state index contributed by atoms with van der Waals surface area (Å²) in [4.78, 5) is 8.48. The number of aromatic nitrogens is 2. The molecule has 0 aromatic carbocycles. The van der Waals surface area contributed by atoms with Crippen molar-refractivity contribution < 1.29 is 0 Å². The summed E-state index contributed by atoms with van der Waals surface area (Å²) in [5.74, 6) is 1.01. The lowest BCUT2D eigenvalue weighted by Crippen LogP contribution is -2.26. The average molecular weight is 178 g/mol. The first-order chi connectivity index (χ1) is 6.42. The number of nitrogens with one attached hydrogen (secondary N) is 2. The SMILES string of the molecule is CCNc1ncnc2c1CCNC2. The highest BCUT2D eigenvalue weighted by molar-refractivity contribution is 5.46. The summed E-state index contributed by atoms with van der Waals surface area (Å²) >= 11 is 0. The van der Waals surface area contributed by atoms with Crippen molar-refractivity contribution in [3.8, 4) is 0 Å². The Hall–Kier alpha value is -1.16. The van der Waals surface area contributed by atoms with Gasteiger partial charge in [0.05, 0.1) is 5.69 Å². The van der Waals surface area contributed by atoms with Crippen LogP contribution in [-0.4, -0.2) is 23.1 Å². The quantitative estimate of drug-likeness (QED) is 0.694. The minimum absolute atomic E-state index is 0.871. The largest absolute Gasteiger partial charge is 0.370 e. The molecule has 1 aromatic heterocycles. The number of hydrogen-bond donors (Lipinski definition) is 2. The van der Waals surface area contributed by atoms with Crippen LogP contribution in [0, 0.1) is 0 Å². The van der Waals surface area contributed by atoms with E-state index in [1.54, 1.807) is 6.33 Å². The molecule has 0 saturated heterocycles. The highest BCUT2D eigenvalue weighted by atomic mass is 15.0. The zero-order valence-electron chi connectivity index (χ0n) is 7.80. The van der Waals surface area contributed by atoms with E-state index in [0.29, 0.717) is 0 Å². The predicted octanol–water partition coefficient (Wildman–Crippen LogP) is 0.554. The number of anilines is 1. The Morgan fingerprint density at radius 1 is 1.54 bits per heavy atom. The molecule has 0 radical (unpaired) electrons. The molecule has 2 heterocycles. The van der Waals surface area contributed by atoms with Crippen LogP contribution in [0.4, 0.5) is 5.82 Å². The fourth-order valence-corrected chi connectivity index (χ4v) is 1.60. The molecule has 70 valence electrons. The smallest absolute Gasteiger partial charge is 0.132 e. The monoisotopic (exact) mass is 178 g/mol. The molecule has 2 rings (SSSR count). The van der Waals surface area contributed by atoms with Gasteiger partial charge in [-0.05, 0) is 19.9 Å². The Morgan fingerprint density at radius 3 is 3.31 bits per heavy atom. The molecule has 0 unspecified atom stereocenters. The first-order valence-electron chi connectivity index (χ1n) is 4.69. The Labute approximate surface area is 77.8 Å². The Morgan fingerprint density at radius 2 is 2.46 bits per heavy atom. The molecule has 1 aliphatic heterocycles. The maximum Gasteiger partial charge on any atom is 0.132 e. The molecule has 4 heteroatoms. The molecule has 4 nitrogen and oxygen atoms in total. The van der Waals surface area contributed by atoms with Crippen molar-refractivity contribution in [2.24, 2.45) is 0 Å². The van der Waals surface area contributed by atoms with Crippen LogP contribution >= 0.6 is 0 Å². The molecule has 0 aliphatic carbocycles. The zero-order chi connectivity index (χ0) is 9.10. The summed E-state index contributed by atoms with van der Waals surface area (Å²) in [6, 6.07) is 0. The predicted molar refractivity (Wildman–Crippen MR) is 51.6 cm³/mol. The second-order valence-corrected chi connectivity index (χ2v) is 3.10. The van der Waals surface area contributed by atoms with Gasteiger partial charge >= 0.3 is 0 Å². The van der Waals surface area contributed by atoms with E-state index in [1.807, 2.05) is 0 Å². The van der Waals surface area contributed by atoms with Gasteiger partial charge in [0.15, 0.2) is 0 Å². The molecule has 0 bridgehead atoms. The first kappa shape index (κ1) is 8.44. The molecular formula is C9H14N4. The lowest BCUT2D eigenvalue weighted by Gasteiger charge is -2.18. The maximum atomic E-state index is 4.25. The van der Waals surface area contributed by atoms with Gasteiger partial charge in [-0.15, -0.1) is 0 Å². The first-order valence-corrected chi connectivity index (χ1v) is 4.69. The third kappa shape index (κ3) is 1.62. The van der Waals surface area contributed by atoms with E-state index in [0.717, 1.165) is 37.6 Å². The summed E-state index contributed by atoms with van der Waals surface area (Å²) < 4.78 is 0. The Bertz CT molecular complexity index is 298. The van der Waals surface area contributed by atoms with Crippen LogP contribution in [0.3, 0.4) is 0 Å². The van der Waals surface area contributed by atoms with Crippen molar-refractivity contribution in [1.82, 2.24) is 15.3 Å². The van der Waals surface area contributed by atoms with Crippen LogP contribution in [-0.2, 0) is 13.0 Å². The minimum Gasteiger partial charge on any atom is -0.370 e. The van der Waals surface area contributed by atoms with E-state index in [9.17, 15) is 0 Å². The third-order valence-electron chi connectivity index (χ3n) is 2.22. The van der Waals surface area contributed by atoms with Crippen LogP contribution in [0.15, 0.2) is 6.33 Å². The Kier molecular flexibility index (Phi) is 2.40. The summed E-state index contributed by atoms with van der Waals surface area (Å²) in [5, 5.41) is 6.55. The molecule has 0 spiro atoms. The van der Waals surface area contributed by atoms with Gasteiger partial charge in [0.1, 0.15) is 12.1 Å². The van der Waals surface area contributed by atoms with Crippen LogP contribution in [0.5, 0.6) is 0 Å². The lowest BCUT2D eigenvalue weighted by atomic mass is 10.1. The van der Waals surface area contributed by atoms with Gasteiger partial charge in [-0.2, -0.15) is 0 Å². The second-order valence-electron chi connectivity index (χ2n) is 3.10. The van der Waals surface area contributed by atoms with Crippen molar-refractivity contribution in [3.63, 3.8) is 0 Å². The summed E-state index contributed by atoms with van der Waals surface area (Å²) in [6.45, 7) is 4.89. The Balaban J connectivity index is 2.34. The number of fused-ring (bicyclic) bond motifs is 1. The van der Waals surface area contributed by atoms with Crippen LogP contribution in [0.25, 0.3) is 0 Å². The molecule has 0 atom stereocenters. The molecule has 1 aromatic rings. The zero-order valence-corrected chi connectivity index (χ0v) is 7.80. The van der Waals surface area contributed by atoms with Gasteiger partial charge in [0.25, 0.3) is 0 Å². The number of hydrogen-bond acceptors (Lipinski definition) is 4. The van der Waals surface area contributed by atoms with Crippen molar-refractivity contribution in [2.45, 2.75) is 19.9 Å². The topological polar surface area (TPSA) is 49.8 Å². The van der Waals surface area contributed by atoms with Crippen LogP contribution in [0.2, 0.25) is 0 Å². The molecule has 0 fully saturated rings. The summed E-state index contributed by atoms with van der Waals surface area (Å²) in [6.07, 6.45) is 2.66. The molecule has 13 heavy (non-hydrogen) atoms. The third-order valence-corrected chi connectivity index (χ3v) is 2.22. The molecule has 0 saturated carbocycles. The fourth-order valence-electron chi connectivity index (χ4n) is 1.60. The highest BCUT2D eigenvalue weighted by Gasteiger charge is 2.13. The van der Waals surface area contributed by atoms with Crippen LogP contribution < -0.4 is 10.6 Å². The molecule has 0 amide bonds. The van der Waals surface area contributed by atoms with Gasteiger partial charge in [0, 0.05) is 18.7 Å². The van der Waals surface area contributed by atoms with E-state index in [2.05, 4.69) is 27.5 Å². The van der Waals surface area contributed by atoms with Gasteiger partial charge in [-0.1, -0.05) is 0 Å². The second kappa shape index (κ2) is 3.70. The molecule has 2 N–H and O–H groups in total. The standard InChI is InChI=1S/C9H14N4/c1-2-11-9-7-3-4-10-5-8(7)12-6-13-9/h6,10H,2-5H2,1H3,(H,11,12,13). The average Bonchev–Trinajstić information content (AvgIpc) is 2.19. The highest BCUT2D eigenvalue weighted by Crippen LogP contribution is 2.17. The van der Waals surface area contributed by atoms with Gasteiger partial charge in [0.2, 0.25) is 0 Å². The molecular weight excluding hydrogens is 164 g/mol. The maximum absolute atomic E-state index is 4.25. The summed E-state index contributed by atoms with van der Waals surface area (Å²) in [7, 11) is 0. The van der Waals surface area contributed by atoms with E-state index in [-0.39, 0.29) is 0 Å². The van der Waals surface area contributed by atoms with Crippen molar-refractivity contribution in [2.75, 3.05) is 18.4 Å². The van der Waals surface area contributed by atoms with Gasteiger partial charge in [-0.3, -0.25) is 0 Å². The van der Waals surface area contributed by atoms with E-state index in [1.165, 1.54) is 5.56 Å².